The van der Waals surface area contributed by atoms with Gasteiger partial charge in [-0.25, -0.2) is 39.9 Å². The van der Waals surface area contributed by atoms with Gasteiger partial charge in [0.15, 0.2) is 11.6 Å². The minimum Gasteiger partial charge on any atom is -0.383 e. The summed E-state index contributed by atoms with van der Waals surface area (Å²) in [6.45, 7) is 9.15. The first kappa shape index (κ1) is 44.9. The highest BCUT2D eigenvalue weighted by Gasteiger charge is 2.48. The van der Waals surface area contributed by atoms with Crippen molar-refractivity contribution < 1.29 is 14.2 Å². The van der Waals surface area contributed by atoms with Crippen LogP contribution in [0.25, 0.3) is 23.0 Å². The Hall–Kier alpha value is -4.68. The van der Waals surface area contributed by atoms with E-state index in [1.165, 1.54) is 0 Å². The molecule has 1 aliphatic heterocycles. The number of methoxy groups -OCH3 is 2. The van der Waals surface area contributed by atoms with E-state index in [0.29, 0.717) is 89.4 Å². The Kier molecular flexibility index (Phi) is 15.9. The first-order valence-electron chi connectivity index (χ1n) is 23.3. The molecule has 0 radical (unpaired) electrons. The monoisotopic (exact) mass is 865 g/mol. The molecule has 8 rings (SSSR count). The Balaban J connectivity index is 0.871. The second-order valence-electron chi connectivity index (χ2n) is 18.2. The number of ether oxygens (including phenoxy) is 3. The first-order chi connectivity index (χ1) is 30.9. The van der Waals surface area contributed by atoms with Gasteiger partial charge in [0.05, 0.1) is 13.2 Å². The van der Waals surface area contributed by atoms with Gasteiger partial charge in [-0.15, -0.1) is 0 Å². The second-order valence-corrected chi connectivity index (χ2v) is 18.2. The van der Waals surface area contributed by atoms with Crippen LogP contribution < -0.4 is 31.9 Å². The number of rotatable bonds is 21. The van der Waals surface area contributed by atoms with Gasteiger partial charge in [0.1, 0.15) is 23.0 Å². The molecular weight excluding hydrogens is 797 g/mol. The fraction of sp³-hybridized carbons (Fsp3) is 0.652. The zero-order valence-corrected chi connectivity index (χ0v) is 37.5. The van der Waals surface area contributed by atoms with Crippen molar-refractivity contribution >= 4 is 23.5 Å². The van der Waals surface area contributed by atoms with Gasteiger partial charge in [-0.2, -0.15) is 0 Å². The topological polar surface area (TPSA) is 203 Å². The molecule has 4 aliphatic rings. The first-order valence-corrected chi connectivity index (χ1v) is 23.3. The molecule has 0 bridgehead atoms. The summed E-state index contributed by atoms with van der Waals surface area (Å²) in [4.78, 5) is 37.9. The minimum absolute atomic E-state index is 0.238. The van der Waals surface area contributed by atoms with E-state index in [4.69, 9.17) is 34.1 Å². The third-order valence-corrected chi connectivity index (χ3v) is 13.2. The Labute approximate surface area is 372 Å². The standard InChI is InChI=1S/C46H68N14O3/c1-29(27-61-3)53-33-5-7-34(8-6-33)55-45-49-17-11-39(57-45)43-48-20-14-42(60-43)52-26-32-23-36(32)37-24-35(54-30(2)28-62-4)9-10-38(37)56-46-50-18-12-40(58-46)44-47-19-13-41(59-44)51-25-31-15-21-63-22-16-31/h11-14,17-20,29-38,53-54H,5-10,15-16,21-28H2,1-4H3,(H,47,51,59)(H,48,52,60)(H,49,55,57)(H,50,56,58)/t29-,30-,32?,33?,34?,35+,36?,37?,38+/m0/s1. The summed E-state index contributed by atoms with van der Waals surface area (Å²) < 4.78 is 16.3. The van der Waals surface area contributed by atoms with Crippen molar-refractivity contribution in [2.24, 2.45) is 23.7 Å². The highest BCUT2D eigenvalue weighted by atomic mass is 16.5. The van der Waals surface area contributed by atoms with Gasteiger partial charge in [0, 0.05) is 102 Å². The predicted molar refractivity (Wildman–Crippen MR) is 245 cm³/mol. The van der Waals surface area contributed by atoms with E-state index < -0.39 is 0 Å². The average molecular weight is 865 g/mol. The van der Waals surface area contributed by atoms with Crippen molar-refractivity contribution in [1.29, 1.82) is 0 Å². The van der Waals surface area contributed by atoms with Crippen LogP contribution in [-0.4, -0.2) is 130 Å². The summed E-state index contributed by atoms with van der Waals surface area (Å²) in [5.74, 6) is 6.11. The summed E-state index contributed by atoms with van der Waals surface area (Å²) in [5, 5.41) is 22.1. The van der Waals surface area contributed by atoms with Crippen LogP contribution in [0.15, 0.2) is 49.1 Å². The Morgan fingerprint density at radius 1 is 0.587 bits per heavy atom. The van der Waals surface area contributed by atoms with Crippen LogP contribution in [-0.2, 0) is 14.2 Å². The molecule has 340 valence electrons. The van der Waals surface area contributed by atoms with Gasteiger partial charge in [-0.05, 0) is 126 Å². The molecule has 17 nitrogen and oxygen atoms in total. The van der Waals surface area contributed by atoms with Crippen LogP contribution >= 0.6 is 0 Å². The fourth-order valence-electron chi connectivity index (χ4n) is 9.89. The van der Waals surface area contributed by atoms with Gasteiger partial charge in [-0.3, -0.25) is 0 Å². The van der Waals surface area contributed by atoms with E-state index in [0.717, 1.165) is 109 Å². The normalized spacial score (nSPS) is 26.1. The Morgan fingerprint density at radius 2 is 1.14 bits per heavy atom. The second kappa shape index (κ2) is 22.3. The number of hydrogen-bond acceptors (Lipinski definition) is 17. The van der Waals surface area contributed by atoms with Crippen LogP contribution in [0.3, 0.4) is 0 Å². The van der Waals surface area contributed by atoms with Crippen molar-refractivity contribution in [2.75, 3.05) is 75.0 Å². The summed E-state index contributed by atoms with van der Waals surface area (Å²) >= 11 is 0. The summed E-state index contributed by atoms with van der Waals surface area (Å²) in [6, 6.07) is 9.76. The van der Waals surface area contributed by atoms with Gasteiger partial charge in [0.2, 0.25) is 11.9 Å². The molecule has 1 saturated heterocycles. The molecule has 5 heterocycles. The molecule has 63 heavy (non-hydrogen) atoms. The molecule has 3 aliphatic carbocycles. The van der Waals surface area contributed by atoms with E-state index in [-0.39, 0.29) is 12.1 Å². The maximum Gasteiger partial charge on any atom is 0.223 e. The quantitative estimate of drug-likeness (QED) is 0.0596. The summed E-state index contributed by atoms with van der Waals surface area (Å²) in [6.07, 6.45) is 18.0. The molecule has 17 heteroatoms. The Morgan fingerprint density at radius 3 is 1.78 bits per heavy atom. The van der Waals surface area contributed by atoms with Crippen LogP contribution in [0.4, 0.5) is 23.5 Å². The molecule has 6 N–H and O–H groups in total. The van der Waals surface area contributed by atoms with E-state index in [9.17, 15) is 0 Å². The molecule has 4 fully saturated rings. The lowest BCUT2D eigenvalue weighted by Gasteiger charge is -2.38. The van der Waals surface area contributed by atoms with E-state index in [1.54, 1.807) is 39.0 Å². The van der Waals surface area contributed by atoms with Gasteiger partial charge in [-0.1, -0.05) is 0 Å². The fourth-order valence-corrected chi connectivity index (χ4v) is 9.89. The number of hydrogen-bond donors (Lipinski definition) is 6. The van der Waals surface area contributed by atoms with Crippen molar-refractivity contribution in [1.82, 2.24) is 50.5 Å². The maximum absolute atomic E-state index is 5.53. The molecule has 0 aromatic carbocycles. The van der Waals surface area contributed by atoms with Gasteiger partial charge >= 0.3 is 0 Å². The molecule has 7 atom stereocenters. The van der Waals surface area contributed by atoms with E-state index in [2.05, 4.69) is 65.7 Å². The molecule has 0 spiro atoms. The SMILES string of the molecule is COC[C@H](C)NC1CCC(Nc2nccc(-c3nccc(NCC4CC4C4C[C@H](N[C@@H](C)COC)CC[C@H]4Nc4nccc(-c5nccc(NCC6CCOCC6)n5)n4)n3)n2)CC1. The number of anilines is 4. The average Bonchev–Trinajstić information content (AvgIpc) is 4.09. The highest BCUT2D eigenvalue weighted by Crippen LogP contribution is 2.50. The Bertz CT molecular complexity index is 2020. The predicted octanol–water partition coefficient (Wildman–Crippen LogP) is 5.69. The third kappa shape index (κ3) is 13.0. The lowest BCUT2D eigenvalue weighted by Crippen LogP contribution is -2.47. The van der Waals surface area contributed by atoms with Crippen LogP contribution in [0.5, 0.6) is 0 Å². The van der Waals surface area contributed by atoms with Crippen LogP contribution in [0, 0.1) is 23.7 Å². The zero-order chi connectivity index (χ0) is 43.4. The number of nitrogens with one attached hydrogen (secondary N) is 6. The van der Waals surface area contributed by atoms with Gasteiger partial charge < -0.3 is 46.1 Å². The lowest BCUT2D eigenvalue weighted by molar-refractivity contribution is 0.0699. The molecule has 3 unspecified atom stereocenters. The number of aromatic nitrogens is 8. The molecule has 4 aromatic heterocycles. The minimum atomic E-state index is 0.238. The molecule has 3 saturated carbocycles. The summed E-state index contributed by atoms with van der Waals surface area (Å²) in [5.41, 5.74) is 1.41. The molecular formula is C46H68N14O3. The number of nitrogens with zero attached hydrogens (tertiary/aromatic N) is 8. The van der Waals surface area contributed by atoms with Crippen molar-refractivity contribution in [3.8, 4) is 23.0 Å². The zero-order valence-electron chi connectivity index (χ0n) is 37.5. The van der Waals surface area contributed by atoms with Crippen molar-refractivity contribution in [2.45, 2.75) is 114 Å². The van der Waals surface area contributed by atoms with E-state index in [1.807, 2.05) is 24.3 Å². The van der Waals surface area contributed by atoms with Crippen molar-refractivity contribution in [3.63, 3.8) is 0 Å². The lowest BCUT2D eigenvalue weighted by atomic mass is 9.78. The third-order valence-electron chi connectivity index (χ3n) is 13.2. The van der Waals surface area contributed by atoms with Crippen LogP contribution in [0.2, 0.25) is 0 Å². The van der Waals surface area contributed by atoms with E-state index >= 15 is 0 Å². The largest absolute Gasteiger partial charge is 0.383 e. The molecule has 4 aromatic rings. The molecule has 0 amide bonds. The van der Waals surface area contributed by atoms with Gasteiger partial charge in [0.25, 0.3) is 0 Å². The smallest absolute Gasteiger partial charge is 0.223 e. The summed E-state index contributed by atoms with van der Waals surface area (Å²) in [7, 11) is 3.52. The van der Waals surface area contributed by atoms with Crippen molar-refractivity contribution in [3.05, 3.63) is 49.1 Å². The maximum atomic E-state index is 5.53. The highest BCUT2D eigenvalue weighted by molar-refractivity contribution is 5.55. The van der Waals surface area contributed by atoms with Crippen LogP contribution in [0.1, 0.15) is 78.1 Å².